The minimum atomic E-state index is -0.573. The van der Waals surface area contributed by atoms with E-state index >= 15 is 0 Å². The molecular formula is C8H17NO. The van der Waals surface area contributed by atoms with Crippen LogP contribution in [0, 0.1) is 5.92 Å². The Balaban J connectivity index is 2.55. The van der Waals surface area contributed by atoms with E-state index in [1.165, 1.54) is 6.42 Å². The number of hydrogen-bond donors (Lipinski definition) is 2. The summed E-state index contributed by atoms with van der Waals surface area (Å²) in [6.45, 7) is 3.70. The second kappa shape index (κ2) is 2.51. The lowest BCUT2D eigenvalue weighted by Crippen LogP contribution is -2.40. The molecule has 10 heavy (non-hydrogen) atoms. The molecule has 0 aliphatic heterocycles. The Morgan fingerprint density at radius 1 is 1.40 bits per heavy atom. The first-order chi connectivity index (χ1) is 4.52. The summed E-state index contributed by atoms with van der Waals surface area (Å²) >= 11 is 0. The minimum Gasteiger partial charge on any atom is -0.390 e. The van der Waals surface area contributed by atoms with Crippen molar-refractivity contribution < 1.29 is 5.11 Å². The summed E-state index contributed by atoms with van der Waals surface area (Å²) < 4.78 is 0. The lowest BCUT2D eigenvalue weighted by Gasteiger charge is -2.28. The zero-order chi connectivity index (χ0) is 7.78. The normalized spacial score (nSPS) is 34.8. The molecule has 2 atom stereocenters. The van der Waals surface area contributed by atoms with E-state index < -0.39 is 5.60 Å². The summed E-state index contributed by atoms with van der Waals surface area (Å²) in [5, 5.41) is 9.61. The summed E-state index contributed by atoms with van der Waals surface area (Å²) in [7, 11) is 0. The smallest absolute Gasteiger partial charge is 0.0634 e. The van der Waals surface area contributed by atoms with Crippen LogP contribution >= 0.6 is 0 Å². The second-order valence-electron chi connectivity index (χ2n) is 3.85. The van der Waals surface area contributed by atoms with Crippen LogP contribution in [0.1, 0.15) is 33.1 Å². The Morgan fingerprint density at radius 3 is 2.20 bits per heavy atom. The largest absolute Gasteiger partial charge is 0.390 e. The first kappa shape index (κ1) is 8.02. The summed E-state index contributed by atoms with van der Waals surface area (Å²) in [5.41, 5.74) is 5.23. The maximum absolute atomic E-state index is 9.61. The fourth-order valence-corrected chi connectivity index (χ4v) is 1.87. The highest BCUT2D eigenvalue weighted by Gasteiger charge is 2.35. The topological polar surface area (TPSA) is 46.2 Å². The van der Waals surface area contributed by atoms with Crippen LogP contribution in [0.15, 0.2) is 0 Å². The van der Waals surface area contributed by atoms with Crippen LogP contribution in [0.4, 0.5) is 0 Å². The molecule has 2 unspecified atom stereocenters. The molecule has 2 nitrogen and oxygen atoms in total. The fraction of sp³-hybridized carbons (Fsp3) is 1.00. The minimum absolute atomic E-state index is 0.222. The van der Waals surface area contributed by atoms with Crippen molar-refractivity contribution in [1.29, 1.82) is 0 Å². The van der Waals surface area contributed by atoms with Gasteiger partial charge in [-0.3, -0.25) is 0 Å². The van der Waals surface area contributed by atoms with Gasteiger partial charge in [0.2, 0.25) is 0 Å². The number of aliphatic hydroxyl groups is 1. The molecule has 1 fully saturated rings. The van der Waals surface area contributed by atoms with Crippen LogP contribution in [0.3, 0.4) is 0 Å². The molecule has 1 aliphatic rings. The fourth-order valence-electron chi connectivity index (χ4n) is 1.87. The van der Waals surface area contributed by atoms with Gasteiger partial charge < -0.3 is 10.8 Å². The van der Waals surface area contributed by atoms with Gasteiger partial charge >= 0.3 is 0 Å². The molecule has 1 aliphatic carbocycles. The van der Waals surface area contributed by atoms with E-state index in [9.17, 15) is 5.11 Å². The van der Waals surface area contributed by atoms with Crippen molar-refractivity contribution in [2.75, 3.05) is 0 Å². The SMILES string of the molecule is CC(C)(O)C1CCCC1N. The van der Waals surface area contributed by atoms with Crippen molar-refractivity contribution in [2.45, 2.75) is 44.8 Å². The van der Waals surface area contributed by atoms with Crippen LogP contribution < -0.4 is 5.73 Å². The van der Waals surface area contributed by atoms with Gasteiger partial charge in [0.25, 0.3) is 0 Å². The molecule has 0 heterocycles. The molecule has 60 valence electrons. The van der Waals surface area contributed by atoms with Crippen LogP contribution in [-0.2, 0) is 0 Å². The molecule has 0 aromatic carbocycles. The maximum atomic E-state index is 9.61. The van der Waals surface area contributed by atoms with Gasteiger partial charge in [-0.25, -0.2) is 0 Å². The molecule has 3 N–H and O–H groups in total. The van der Waals surface area contributed by atoms with Crippen molar-refractivity contribution >= 4 is 0 Å². The third kappa shape index (κ3) is 1.50. The van der Waals surface area contributed by atoms with Crippen LogP contribution in [0.5, 0.6) is 0 Å². The third-order valence-corrected chi connectivity index (χ3v) is 2.48. The highest BCUT2D eigenvalue weighted by atomic mass is 16.3. The zero-order valence-corrected chi connectivity index (χ0v) is 6.80. The Labute approximate surface area is 62.4 Å². The molecule has 0 amide bonds. The molecule has 1 saturated carbocycles. The van der Waals surface area contributed by atoms with Gasteiger partial charge in [0.05, 0.1) is 5.60 Å². The van der Waals surface area contributed by atoms with Gasteiger partial charge in [0.1, 0.15) is 0 Å². The van der Waals surface area contributed by atoms with Crippen LogP contribution in [0.25, 0.3) is 0 Å². The average molecular weight is 143 g/mol. The molecule has 0 saturated heterocycles. The number of nitrogens with two attached hydrogens (primary N) is 1. The molecule has 0 aromatic heterocycles. The van der Waals surface area contributed by atoms with Crippen molar-refractivity contribution in [3.05, 3.63) is 0 Å². The summed E-state index contributed by atoms with van der Waals surface area (Å²) in [6, 6.07) is 0.222. The van der Waals surface area contributed by atoms with Crippen LogP contribution in [0.2, 0.25) is 0 Å². The Bertz CT molecular complexity index is 117. The van der Waals surface area contributed by atoms with E-state index in [1.54, 1.807) is 0 Å². The standard InChI is InChI=1S/C8H17NO/c1-8(2,10)6-4-3-5-7(6)9/h6-7,10H,3-5,9H2,1-2H3. The number of rotatable bonds is 1. The van der Waals surface area contributed by atoms with Gasteiger partial charge in [-0.05, 0) is 26.7 Å². The highest BCUT2D eigenvalue weighted by Crippen LogP contribution is 2.32. The molecule has 0 spiro atoms. The van der Waals surface area contributed by atoms with Gasteiger partial charge in [-0.15, -0.1) is 0 Å². The van der Waals surface area contributed by atoms with E-state index in [2.05, 4.69) is 0 Å². The molecule has 2 heteroatoms. The van der Waals surface area contributed by atoms with Gasteiger partial charge in [0.15, 0.2) is 0 Å². The molecular weight excluding hydrogens is 126 g/mol. The van der Waals surface area contributed by atoms with Gasteiger partial charge in [0, 0.05) is 12.0 Å². The monoisotopic (exact) mass is 143 g/mol. The lowest BCUT2D eigenvalue weighted by atomic mass is 9.87. The summed E-state index contributed by atoms with van der Waals surface area (Å²) in [6.07, 6.45) is 3.34. The summed E-state index contributed by atoms with van der Waals surface area (Å²) in [4.78, 5) is 0. The van der Waals surface area contributed by atoms with Gasteiger partial charge in [-0.1, -0.05) is 6.42 Å². The molecule has 0 radical (unpaired) electrons. The first-order valence-corrected chi connectivity index (χ1v) is 4.00. The van der Waals surface area contributed by atoms with Crippen molar-refractivity contribution in [3.8, 4) is 0 Å². The predicted octanol–water partition coefficient (Wildman–Crippen LogP) is 0.885. The quantitative estimate of drug-likeness (QED) is 0.572. The average Bonchev–Trinajstić information content (AvgIpc) is 2.11. The van der Waals surface area contributed by atoms with Crippen molar-refractivity contribution in [2.24, 2.45) is 11.7 Å². The number of hydrogen-bond acceptors (Lipinski definition) is 2. The second-order valence-corrected chi connectivity index (χ2v) is 3.85. The summed E-state index contributed by atoms with van der Waals surface area (Å²) in [5.74, 6) is 0.312. The van der Waals surface area contributed by atoms with Gasteiger partial charge in [-0.2, -0.15) is 0 Å². The van der Waals surface area contributed by atoms with Crippen molar-refractivity contribution in [1.82, 2.24) is 0 Å². The van der Waals surface area contributed by atoms with E-state index in [0.717, 1.165) is 12.8 Å². The van der Waals surface area contributed by atoms with E-state index in [0.29, 0.717) is 5.92 Å². The Kier molecular flexibility index (Phi) is 2.02. The van der Waals surface area contributed by atoms with E-state index in [-0.39, 0.29) is 6.04 Å². The Hall–Kier alpha value is -0.0800. The third-order valence-electron chi connectivity index (χ3n) is 2.48. The predicted molar refractivity (Wildman–Crippen MR) is 41.6 cm³/mol. The van der Waals surface area contributed by atoms with E-state index in [1.807, 2.05) is 13.8 Å². The maximum Gasteiger partial charge on any atom is 0.0634 e. The zero-order valence-electron chi connectivity index (χ0n) is 6.80. The van der Waals surface area contributed by atoms with Crippen molar-refractivity contribution in [3.63, 3.8) is 0 Å². The molecule has 1 rings (SSSR count). The first-order valence-electron chi connectivity index (χ1n) is 4.00. The lowest BCUT2D eigenvalue weighted by molar-refractivity contribution is 0.0137. The molecule has 0 aromatic rings. The highest BCUT2D eigenvalue weighted by molar-refractivity contribution is 4.90. The van der Waals surface area contributed by atoms with E-state index in [4.69, 9.17) is 5.73 Å². The Morgan fingerprint density at radius 2 is 2.00 bits per heavy atom. The van der Waals surface area contributed by atoms with Crippen LogP contribution in [-0.4, -0.2) is 16.7 Å². The molecule has 0 bridgehead atoms.